The SMILES string of the molecule is C/C=C/COc1ccc(Cl)cc1CC(C)N. The first kappa shape index (κ1) is 13.1. The largest absolute Gasteiger partial charge is 0.489 e. The summed E-state index contributed by atoms with van der Waals surface area (Å²) in [5.41, 5.74) is 6.85. The molecule has 0 aliphatic rings. The van der Waals surface area contributed by atoms with Gasteiger partial charge in [-0.15, -0.1) is 0 Å². The van der Waals surface area contributed by atoms with E-state index in [-0.39, 0.29) is 6.04 Å². The van der Waals surface area contributed by atoms with Crippen molar-refractivity contribution < 1.29 is 4.74 Å². The van der Waals surface area contributed by atoms with Gasteiger partial charge in [-0.05, 0) is 44.0 Å². The lowest BCUT2D eigenvalue weighted by Gasteiger charge is -2.12. The van der Waals surface area contributed by atoms with Crippen LogP contribution in [0, 0.1) is 0 Å². The lowest BCUT2D eigenvalue weighted by molar-refractivity contribution is 0.358. The number of benzene rings is 1. The van der Waals surface area contributed by atoms with Gasteiger partial charge in [0.25, 0.3) is 0 Å². The quantitative estimate of drug-likeness (QED) is 0.801. The molecular formula is C13H18ClNO. The molecule has 0 heterocycles. The van der Waals surface area contributed by atoms with Crippen molar-refractivity contribution in [2.24, 2.45) is 5.73 Å². The van der Waals surface area contributed by atoms with Crippen LogP contribution in [0.2, 0.25) is 5.02 Å². The van der Waals surface area contributed by atoms with Crippen LogP contribution in [0.5, 0.6) is 5.75 Å². The number of hydrogen-bond donors (Lipinski definition) is 1. The number of nitrogens with two attached hydrogens (primary N) is 1. The molecule has 1 unspecified atom stereocenters. The molecule has 1 rings (SSSR count). The van der Waals surface area contributed by atoms with Crippen molar-refractivity contribution >= 4 is 11.6 Å². The monoisotopic (exact) mass is 239 g/mol. The summed E-state index contributed by atoms with van der Waals surface area (Å²) in [5, 5.41) is 0.717. The third-order valence-corrected chi connectivity index (χ3v) is 2.37. The van der Waals surface area contributed by atoms with Crippen molar-refractivity contribution in [3.63, 3.8) is 0 Å². The Morgan fingerprint density at radius 2 is 2.25 bits per heavy atom. The van der Waals surface area contributed by atoms with E-state index in [1.807, 2.05) is 44.2 Å². The van der Waals surface area contributed by atoms with Gasteiger partial charge in [-0.25, -0.2) is 0 Å². The van der Waals surface area contributed by atoms with Crippen LogP contribution in [0.15, 0.2) is 30.4 Å². The molecule has 0 aliphatic heterocycles. The smallest absolute Gasteiger partial charge is 0.123 e. The Labute approximate surface area is 102 Å². The Morgan fingerprint density at radius 3 is 2.88 bits per heavy atom. The first-order valence-corrected chi connectivity index (χ1v) is 5.79. The van der Waals surface area contributed by atoms with Gasteiger partial charge in [-0.2, -0.15) is 0 Å². The number of rotatable bonds is 5. The Balaban J connectivity index is 2.80. The van der Waals surface area contributed by atoms with Crippen LogP contribution in [0.25, 0.3) is 0 Å². The molecule has 0 fully saturated rings. The fraction of sp³-hybridized carbons (Fsp3) is 0.385. The first-order valence-electron chi connectivity index (χ1n) is 5.41. The van der Waals surface area contributed by atoms with E-state index in [0.717, 1.165) is 17.7 Å². The standard InChI is InChI=1S/C13H18ClNO/c1-3-4-7-16-13-6-5-12(14)9-11(13)8-10(2)15/h3-6,9-10H,7-8,15H2,1-2H3/b4-3+. The number of halogens is 1. The van der Waals surface area contributed by atoms with E-state index in [0.29, 0.717) is 11.6 Å². The van der Waals surface area contributed by atoms with Crippen molar-refractivity contribution in [1.82, 2.24) is 0 Å². The highest BCUT2D eigenvalue weighted by Gasteiger charge is 2.06. The fourth-order valence-corrected chi connectivity index (χ4v) is 1.62. The average molecular weight is 240 g/mol. The molecule has 0 aliphatic carbocycles. The van der Waals surface area contributed by atoms with E-state index in [1.165, 1.54) is 0 Å². The summed E-state index contributed by atoms with van der Waals surface area (Å²) in [5.74, 6) is 0.861. The highest BCUT2D eigenvalue weighted by atomic mass is 35.5. The molecule has 1 aromatic rings. The lowest BCUT2D eigenvalue weighted by Crippen LogP contribution is -2.18. The predicted octanol–water partition coefficient (Wildman–Crippen LogP) is 3.18. The van der Waals surface area contributed by atoms with Gasteiger partial charge >= 0.3 is 0 Å². The minimum absolute atomic E-state index is 0.0996. The molecule has 3 heteroatoms. The molecule has 0 spiro atoms. The Bertz CT molecular complexity index is 361. The summed E-state index contributed by atoms with van der Waals surface area (Å²) >= 11 is 5.95. The molecule has 2 N–H and O–H groups in total. The minimum Gasteiger partial charge on any atom is -0.489 e. The van der Waals surface area contributed by atoms with Crippen LogP contribution < -0.4 is 10.5 Å². The zero-order valence-corrected chi connectivity index (χ0v) is 10.5. The Morgan fingerprint density at radius 1 is 1.50 bits per heavy atom. The Kier molecular flexibility index (Phi) is 5.36. The first-order chi connectivity index (χ1) is 7.63. The van der Waals surface area contributed by atoms with E-state index in [2.05, 4.69) is 0 Å². The molecule has 0 aromatic heterocycles. The average Bonchev–Trinajstić information content (AvgIpc) is 2.20. The summed E-state index contributed by atoms with van der Waals surface area (Å²) in [4.78, 5) is 0. The van der Waals surface area contributed by atoms with Crippen LogP contribution in [-0.4, -0.2) is 12.6 Å². The van der Waals surface area contributed by atoms with Crippen LogP contribution >= 0.6 is 11.6 Å². The van der Waals surface area contributed by atoms with Crippen LogP contribution in [-0.2, 0) is 6.42 Å². The van der Waals surface area contributed by atoms with Crippen molar-refractivity contribution in [3.8, 4) is 5.75 Å². The van der Waals surface area contributed by atoms with Gasteiger partial charge in [0.1, 0.15) is 12.4 Å². The maximum Gasteiger partial charge on any atom is 0.123 e. The molecular weight excluding hydrogens is 222 g/mol. The van der Waals surface area contributed by atoms with E-state index in [9.17, 15) is 0 Å². The molecule has 0 saturated carbocycles. The lowest BCUT2D eigenvalue weighted by atomic mass is 10.1. The van der Waals surface area contributed by atoms with E-state index >= 15 is 0 Å². The van der Waals surface area contributed by atoms with Gasteiger partial charge in [0, 0.05) is 11.1 Å². The molecule has 16 heavy (non-hydrogen) atoms. The number of ether oxygens (including phenoxy) is 1. The van der Waals surface area contributed by atoms with Gasteiger partial charge < -0.3 is 10.5 Å². The molecule has 1 atom stereocenters. The minimum atomic E-state index is 0.0996. The predicted molar refractivity (Wildman–Crippen MR) is 69.1 cm³/mol. The van der Waals surface area contributed by atoms with Crippen molar-refractivity contribution in [1.29, 1.82) is 0 Å². The second-order valence-corrected chi connectivity index (χ2v) is 4.25. The van der Waals surface area contributed by atoms with Crippen molar-refractivity contribution in [2.45, 2.75) is 26.3 Å². The summed E-state index contributed by atoms with van der Waals surface area (Å²) in [6.07, 6.45) is 4.69. The van der Waals surface area contributed by atoms with Crippen LogP contribution in [0.4, 0.5) is 0 Å². The third-order valence-electron chi connectivity index (χ3n) is 2.14. The number of hydrogen-bond acceptors (Lipinski definition) is 2. The second-order valence-electron chi connectivity index (χ2n) is 3.81. The summed E-state index contributed by atoms with van der Waals surface area (Å²) in [6, 6.07) is 5.74. The molecule has 88 valence electrons. The summed E-state index contributed by atoms with van der Waals surface area (Å²) < 4.78 is 5.63. The van der Waals surface area contributed by atoms with E-state index < -0.39 is 0 Å². The topological polar surface area (TPSA) is 35.2 Å². The molecule has 0 bridgehead atoms. The normalized spacial score (nSPS) is 13.0. The Hall–Kier alpha value is -0.990. The highest BCUT2D eigenvalue weighted by Crippen LogP contribution is 2.24. The highest BCUT2D eigenvalue weighted by molar-refractivity contribution is 6.30. The van der Waals surface area contributed by atoms with Gasteiger partial charge in [0.15, 0.2) is 0 Å². The van der Waals surface area contributed by atoms with Crippen LogP contribution in [0.3, 0.4) is 0 Å². The van der Waals surface area contributed by atoms with Crippen molar-refractivity contribution in [3.05, 3.63) is 40.9 Å². The second kappa shape index (κ2) is 6.56. The molecule has 2 nitrogen and oxygen atoms in total. The number of allylic oxidation sites excluding steroid dienone is 1. The zero-order valence-electron chi connectivity index (χ0n) is 9.74. The molecule has 0 amide bonds. The third kappa shape index (κ3) is 4.25. The van der Waals surface area contributed by atoms with Gasteiger partial charge in [-0.1, -0.05) is 23.8 Å². The molecule has 0 radical (unpaired) electrons. The van der Waals surface area contributed by atoms with E-state index in [1.54, 1.807) is 0 Å². The van der Waals surface area contributed by atoms with Gasteiger partial charge in [0.2, 0.25) is 0 Å². The summed E-state index contributed by atoms with van der Waals surface area (Å²) in [6.45, 7) is 4.51. The summed E-state index contributed by atoms with van der Waals surface area (Å²) in [7, 11) is 0. The molecule has 1 aromatic carbocycles. The van der Waals surface area contributed by atoms with Gasteiger partial charge in [0.05, 0.1) is 0 Å². The maximum absolute atomic E-state index is 5.95. The maximum atomic E-state index is 5.95. The van der Waals surface area contributed by atoms with Crippen molar-refractivity contribution in [2.75, 3.05) is 6.61 Å². The molecule has 0 saturated heterocycles. The van der Waals surface area contributed by atoms with E-state index in [4.69, 9.17) is 22.1 Å². The van der Waals surface area contributed by atoms with Crippen LogP contribution in [0.1, 0.15) is 19.4 Å². The zero-order chi connectivity index (χ0) is 12.0. The van der Waals surface area contributed by atoms with Gasteiger partial charge in [-0.3, -0.25) is 0 Å². The fourth-order valence-electron chi connectivity index (χ4n) is 1.43.